The number of hydrogen-bond acceptors (Lipinski definition) is 5. The van der Waals surface area contributed by atoms with Crippen molar-refractivity contribution in [2.75, 3.05) is 24.6 Å². The summed E-state index contributed by atoms with van der Waals surface area (Å²) in [5.41, 5.74) is 0.197. The van der Waals surface area contributed by atoms with Gasteiger partial charge in [-0.1, -0.05) is 11.6 Å². The maximum atomic E-state index is 13.0. The lowest BCUT2D eigenvalue weighted by Gasteiger charge is -2.23. The third kappa shape index (κ3) is 4.39. The minimum Gasteiger partial charge on any atom is -0.495 e. The van der Waals surface area contributed by atoms with Crippen molar-refractivity contribution in [3.8, 4) is 11.5 Å². The first-order chi connectivity index (χ1) is 12.3. The minimum absolute atomic E-state index is 0.107. The summed E-state index contributed by atoms with van der Waals surface area (Å²) in [6, 6.07) is 10.1. The highest BCUT2D eigenvalue weighted by Crippen LogP contribution is 2.31. The Morgan fingerprint density at radius 3 is 2.35 bits per heavy atom. The number of carboxylic acid groups (broad SMARTS) is 1. The number of sulfonamides is 1. The molecule has 0 aromatic heterocycles. The second kappa shape index (κ2) is 8.29. The SMILES string of the molecule is CCOc1ccc(N(CC(=O)O)S(=O)(=O)c2ccc(OC)c(Cl)c2)cc1. The summed E-state index contributed by atoms with van der Waals surface area (Å²) in [6.07, 6.45) is 0. The molecule has 0 bridgehead atoms. The van der Waals surface area contributed by atoms with Crippen LogP contribution in [0.1, 0.15) is 6.92 Å². The lowest BCUT2D eigenvalue weighted by Crippen LogP contribution is -2.35. The van der Waals surface area contributed by atoms with Crippen molar-refractivity contribution in [2.24, 2.45) is 0 Å². The number of methoxy groups -OCH3 is 1. The molecule has 0 atom stereocenters. The maximum absolute atomic E-state index is 13.0. The van der Waals surface area contributed by atoms with Gasteiger partial charge in [0.1, 0.15) is 18.0 Å². The Hall–Kier alpha value is -2.45. The van der Waals surface area contributed by atoms with Crippen LogP contribution in [0.4, 0.5) is 5.69 Å². The monoisotopic (exact) mass is 399 g/mol. The van der Waals surface area contributed by atoms with Gasteiger partial charge in [0.2, 0.25) is 0 Å². The molecular weight excluding hydrogens is 382 g/mol. The molecule has 0 aliphatic rings. The number of halogens is 1. The molecule has 140 valence electrons. The van der Waals surface area contributed by atoms with E-state index >= 15 is 0 Å². The lowest BCUT2D eigenvalue weighted by atomic mass is 10.3. The van der Waals surface area contributed by atoms with E-state index in [4.69, 9.17) is 26.2 Å². The molecule has 1 N–H and O–H groups in total. The van der Waals surface area contributed by atoms with E-state index in [0.29, 0.717) is 18.1 Å². The Morgan fingerprint density at radius 2 is 1.85 bits per heavy atom. The van der Waals surface area contributed by atoms with Gasteiger partial charge in [0, 0.05) is 0 Å². The topological polar surface area (TPSA) is 93.1 Å². The van der Waals surface area contributed by atoms with Gasteiger partial charge in [-0.05, 0) is 49.4 Å². The van der Waals surface area contributed by atoms with Crippen molar-refractivity contribution in [3.05, 3.63) is 47.5 Å². The zero-order chi connectivity index (χ0) is 19.3. The summed E-state index contributed by atoms with van der Waals surface area (Å²) >= 11 is 6.01. The summed E-state index contributed by atoms with van der Waals surface area (Å²) in [4.78, 5) is 11.1. The molecule has 2 aromatic rings. The van der Waals surface area contributed by atoms with Crippen LogP contribution in [0.2, 0.25) is 5.02 Å². The molecule has 7 nitrogen and oxygen atoms in total. The molecule has 0 aliphatic carbocycles. The van der Waals surface area contributed by atoms with Gasteiger partial charge in [0.25, 0.3) is 10.0 Å². The Bertz CT molecular complexity index is 883. The van der Waals surface area contributed by atoms with Crippen molar-refractivity contribution in [1.29, 1.82) is 0 Å². The molecule has 0 unspecified atom stereocenters. The predicted molar refractivity (Wildman–Crippen MR) is 97.8 cm³/mol. The first kappa shape index (κ1) is 19.9. The summed E-state index contributed by atoms with van der Waals surface area (Å²) in [5, 5.41) is 9.26. The Kier molecular flexibility index (Phi) is 6.33. The Labute approximate surface area is 156 Å². The number of nitrogens with zero attached hydrogens (tertiary/aromatic N) is 1. The van der Waals surface area contributed by atoms with Crippen molar-refractivity contribution in [3.63, 3.8) is 0 Å². The molecule has 0 spiro atoms. The fourth-order valence-electron chi connectivity index (χ4n) is 2.25. The second-order valence-electron chi connectivity index (χ2n) is 5.13. The Morgan fingerprint density at radius 1 is 1.19 bits per heavy atom. The summed E-state index contributed by atoms with van der Waals surface area (Å²) in [6.45, 7) is 1.54. The van der Waals surface area contributed by atoms with Gasteiger partial charge in [-0.15, -0.1) is 0 Å². The molecule has 0 aliphatic heterocycles. The second-order valence-corrected chi connectivity index (χ2v) is 7.40. The summed E-state index contributed by atoms with van der Waals surface area (Å²) in [5.74, 6) is -0.421. The predicted octanol–water partition coefficient (Wildman–Crippen LogP) is 3.03. The highest BCUT2D eigenvalue weighted by molar-refractivity contribution is 7.92. The average Bonchev–Trinajstić information content (AvgIpc) is 2.60. The van der Waals surface area contributed by atoms with Gasteiger partial charge in [-0.2, -0.15) is 0 Å². The normalized spacial score (nSPS) is 11.0. The minimum atomic E-state index is -4.15. The van der Waals surface area contributed by atoms with E-state index in [0.717, 1.165) is 4.31 Å². The van der Waals surface area contributed by atoms with E-state index in [1.807, 2.05) is 6.92 Å². The van der Waals surface area contributed by atoms with Crippen LogP contribution in [0.5, 0.6) is 11.5 Å². The largest absolute Gasteiger partial charge is 0.495 e. The number of hydrogen-bond donors (Lipinski definition) is 1. The number of carboxylic acids is 1. The molecule has 0 amide bonds. The van der Waals surface area contributed by atoms with Crippen LogP contribution in [0.15, 0.2) is 47.4 Å². The van der Waals surface area contributed by atoms with Crippen LogP contribution < -0.4 is 13.8 Å². The van der Waals surface area contributed by atoms with Gasteiger partial charge >= 0.3 is 5.97 Å². The quantitative estimate of drug-likeness (QED) is 0.733. The van der Waals surface area contributed by atoms with Crippen LogP contribution in [-0.2, 0) is 14.8 Å². The molecule has 2 rings (SSSR count). The molecular formula is C17H18ClNO6S. The molecule has 9 heteroatoms. The van der Waals surface area contributed by atoms with Crippen LogP contribution >= 0.6 is 11.6 Å². The van der Waals surface area contributed by atoms with Gasteiger partial charge in [0.15, 0.2) is 0 Å². The molecule has 2 aromatic carbocycles. The number of benzene rings is 2. The van der Waals surface area contributed by atoms with Crippen LogP contribution in [0.25, 0.3) is 0 Å². The van der Waals surface area contributed by atoms with Crippen LogP contribution in [-0.4, -0.2) is 39.8 Å². The van der Waals surface area contributed by atoms with E-state index in [1.165, 1.54) is 37.4 Å². The van der Waals surface area contributed by atoms with Crippen molar-refractivity contribution in [1.82, 2.24) is 0 Å². The van der Waals surface area contributed by atoms with E-state index in [2.05, 4.69) is 0 Å². The molecule has 0 heterocycles. The summed E-state index contributed by atoms with van der Waals surface area (Å²) in [7, 11) is -2.74. The van der Waals surface area contributed by atoms with Gasteiger partial charge in [-0.3, -0.25) is 9.10 Å². The third-order valence-corrected chi connectivity index (χ3v) is 5.49. The van der Waals surface area contributed by atoms with Crippen LogP contribution in [0, 0.1) is 0 Å². The lowest BCUT2D eigenvalue weighted by molar-refractivity contribution is -0.135. The van der Waals surface area contributed by atoms with Gasteiger partial charge in [0.05, 0.1) is 29.3 Å². The van der Waals surface area contributed by atoms with E-state index in [9.17, 15) is 13.2 Å². The van der Waals surface area contributed by atoms with E-state index in [-0.39, 0.29) is 15.6 Å². The summed E-state index contributed by atoms with van der Waals surface area (Å²) < 4.78 is 37.0. The number of rotatable bonds is 8. The standard InChI is InChI=1S/C17H18ClNO6S/c1-3-25-13-6-4-12(5-7-13)19(11-17(20)21)26(22,23)14-8-9-16(24-2)15(18)10-14/h4-10H,3,11H2,1-2H3,(H,20,21). The third-order valence-electron chi connectivity index (χ3n) is 3.43. The van der Waals surface area contributed by atoms with E-state index in [1.54, 1.807) is 12.1 Å². The highest BCUT2D eigenvalue weighted by atomic mass is 35.5. The highest BCUT2D eigenvalue weighted by Gasteiger charge is 2.28. The van der Waals surface area contributed by atoms with Crippen molar-refractivity contribution in [2.45, 2.75) is 11.8 Å². The number of carbonyl (C=O) groups is 1. The van der Waals surface area contributed by atoms with E-state index < -0.39 is 22.5 Å². The van der Waals surface area contributed by atoms with Crippen LogP contribution in [0.3, 0.4) is 0 Å². The number of aliphatic carboxylic acids is 1. The zero-order valence-corrected chi connectivity index (χ0v) is 15.7. The van der Waals surface area contributed by atoms with Gasteiger partial charge < -0.3 is 14.6 Å². The zero-order valence-electron chi connectivity index (χ0n) is 14.2. The number of ether oxygens (including phenoxy) is 2. The smallest absolute Gasteiger partial charge is 0.324 e. The fraction of sp³-hybridized carbons (Fsp3) is 0.235. The van der Waals surface area contributed by atoms with Crippen molar-refractivity contribution < 1.29 is 27.8 Å². The first-order valence-electron chi connectivity index (χ1n) is 7.60. The Balaban J connectivity index is 2.47. The molecule has 0 radical (unpaired) electrons. The molecule has 0 fully saturated rings. The van der Waals surface area contributed by atoms with Crippen molar-refractivity contribution >= 4 is 33.3 Å². The molecule has 26 heavy (non-hydrogen) atoms. The fourth-order valence-corrected chi connectivity index (χ4v) is 4.01. The first-order valence-corrected chi connectivity index (χ1v) is 9.42. The van der Waals surface area contributed by atoms with Gasteiger partial charge in [-0.25, -0.2) is 8.42 Å². The molecule has 0 saturated heterocycles. The maximum Gasteiger partial charge on any atom is 0.324 e. The average molecular weight is 400 g/mol. The number of anilines is 1. The molecule has 0 saturated carbocycles.